The van der Waals surface area contributed by atoms with E-state index in [1.54, 1.807) is 37.4 Å². The van der Waals surface area contributed by atoms with Gasteiger partial charge in [-0.05, 0) is 37.1 Å². The molecule has 0 spiro atoms. The summed E-state index contributed by atoms with van der Waals surface area (Å²) >= 11 is 0. The third kappa shape index (κ3) is 3.53. The van der Waals surface area contributed by atoms with Crippen LogP contribution in [0.5, 0.6) is 0 Å². The van der Waals surface area contributed by atoms with E-state index in [9.17, 15) is 4.79 Å². The molecule has 0 aliphatic heterocycles. The molecule has 24 heavy (non-hydrogen) atoms. The van der Waals surface area contributed by atoms with E-state index < -0.39 is 0 Å². The molecule has 0 saturated heterocycles. The van der Waals surface area contributed by atoms with Crippen molar-refractivity contribution in [3.8, 4) is 29.8 Å². The Morgan fingerprint density at radius 1 is 1.21 bits per heavy atom. The lowest BCUT2D eigenvalue weighted by Gasteiger charge is -2.17. The number of nitriles is 1. The van der Waals surface area contributed by atoms with Crippen LogP contribution in [-0.4, -0.2) is 19.2 Å². The van der Waals surface area contributed by atoms with Crippen LogP contribution in [0.25, 0.3) is 0 Å². The molecule has 4 nitrogen and oxygen atoms in total. The maximum atomic E-state index is 12.4. The van der Waals surface area contributed by atoms with Gasteiger partial charge in [0.2, 0.25) is 0 Å². The van der Waals surface area contributed by atoms with Crippen LogP contribution >= 0.6 is 0 Å². The Labute approximate surface area is 142 Å². The zero-order valence-electron chi connectivity index (χ0n) is 13.6. The summed E-state index contributed by atoms with van der Waals surface area (Å²) < 4.78 is 5.69. The molecule has 0 bridgehead atoms. The molecule has 0 aromatic heterocycles. The van der Waals surface area contributed by atoms with Crippen molar-refractivity contribution in [2.45, 2.75) is 31.8 Å². The smallest absolute Gasteiger partial charge is 0.414 e. The summed E-state index contributed by atoms with van der Waals surface area (Å²) in [4.78, 5) is 13.9. The Kier molecular flexibility index (Phi) is 4.74. The van der Waals surface area contributed by atoms with Crippen LogP contribution in [0.2, 0.25) is 0 Å². The molecule has 1 amide bonds. The van der Waals surface area contributed by atoms with Crippen molar-refractivity contribution in [3.63, 3.8) is 0 Å². The second-order valence-electron chi connectivity index (χ2n) is 6.07. The Bertz CT molecular complexity index is 765. The maximum absolute atomic E-state index is 12.4. The zero-order chi connectivity index (χ0) is 16.9. The Hall–Kier alpha value is -2.90. The van der Waals surface area contributed by atoms with Gasteiger partial charge in [0.1, 0.15) is 6.10 Å². The van der Waals surface area contributed by atoms with Crippen LogP contribution in [0, 0.1) is 46.8 Å². The van der Waals surface area contributed by atoms with Gasteiger partial charge in [-0.25, -0.2) is 4.79 Å². The standard InChI is InChI=1S/C20H18N2O2/c1-22(16-12-10-15(11-13-16)7-6-14-21)20(23)24-19-17-8-4-2-3-5-9-18(17)19/h10-13,17-19H,4-5,8-9H2,1H3. The molecule has 0 radical (unpaired) electrons. The average Bonchev–Trinajstić information content (AvgIpc) is 3.21. The molecule has 2 atom stereocenters. The first-order valence-corrected chi connectivity index (χ1v) is 8.11. The molecule has 2 unspecified atom stereocenters. The first kappa shape index (κ1) is 16.0. The highest BCUT2D eigenvalue weighted by atomic mass is 16.6. The van der Waals surface area contributed by atoms with Crippen LogP contribution in [0.1, 0.15) is 31.2 Å². The number of amides is 1. The van der Waals surface area contributed by atoms with Gasteiger partial charge in [0.15, 0.2) is 6.07 Å². The Morgan fingerprint density at radius 2 is 1.83 bits per heavy atom. The minimum atomic E-state index is -0.330. The molecule has 2 aliphatic rings. The largest absolute Gasteiger partial charge is 0.445 e. The zero-order valence-corrected chi connectivity index (χ0v) is 13.6. The molecule has 0 N–H and O–H groups in total. The van der Waals surface area contributed by atoms with Crippen LogP contribution in [0.4, 0.5) is 10.5 Å². The SMILES string of the molecule is CN(C(=O)OC1C2CCC#CCCC21)c1ccc(C#CC#N)cc1. The monoisotopic (exact) mass is 318 g/mol. The molecule has 3 rings (SSSR count). The lowest BCUT2D eigenvalue weighted by Crippen LogP contribution is -2.28. The molecular weight excluding hydrogens is 300 g/mol. The topological polar surface area (TPSA) is 53.3 Å². The summed E-state index contributed by atoms with van der Waals surface area (Å²) in [5, 5.41) is 8.46. The summed E-state index contributed by atoms with van der Waals surface area (Å²) in [5.74, 6) is 12.3. The van der Waals surface area contributed by atoms with E-state index in [-0.39, 0.29) is 12.2 Å². The summed E-state index contributed by atoms with van der Waals surface area (Å²) in [6.07, 6.45) is 3.54. The third-order valence-corrected chi connectivity index (χ3v) is 4.61. The first-order valence-electron chi connectivity index (χ1n) is 8.11. The van der Waals surface area contributed by atoms with Crippen molar-refractivity contribution in [1.82, 2.24) is 0 Å². The van der Waals surface area contributed by atoms with Gasteiger partial charge >= 0.3 is 6.09 Å². The molecule has 1 aromatic carbocycles. The lowest BCUT2D eigenvalue weighted by molar-refractivity contribution is 0.136. The molecule has 1 fully saturated rings. The number of ether oxygens (including phenoxy) is 1. The highest BCUT2D eigenvalue weighted by molar-refractivity contribution is 5.87. The van der Waals surface area contributed by atoms with Crippen LogP contribution in [0.3, 0.4) is 0 Å². The van der Waals surface area contributed by atoms with E-state index in [1.165, 1.54) is 4.90 Å². The molecule has 120 valence electrons. The normalized spacial score (nSPS) is 23.6. The summed E-state index contributed by atoms with van der Waals surface area (Å²) in [6, 6.07) is 8.94. The van der Waals surface area contributed by atoms with Crippen molar-refractivity contribution in [3.05, 3.63) is 29.8 Å². The first-order chi connectivity index (χ1) is 11.7. The van der Waals surface area contributed by atoms with Gasteiger partial charge in [-0.1, -0.05) is 5.92 Å². The molecule has 1 aromatic rings. The number of anilines is 1. The van der Waals surface area contributed by atoms with Crippen molar-refractivity contribution in [1.29, 1.82) is 5.26 Å². The molecule has 0 heterocycles. The van der Waals surface area contributed by atoms with Gasteiger partial charge in [0.25, 0.3) is 0 Å². The summed E-state index contributed by atoms with van der Waals surface area (Å²) in [7, 11) is 1.70. The number of carbonyl (C=O) groups excluding carboxylic acids is 1. The fourth-order valence-electron chi connectivity index (χ4n) is 3.17. The number of nitrogens with zero attached hydrogens (tertiary/aromatic N) is 2. The third-order valence-electron chi connectivity index (χ3n) is 4.61. The minimum absolute atomic E-state index is 0.0300. The summed E-state index contributed by atoms with van der Waals surface area (Å²) in [6.45, 7) is 0. The van der Waals surface area contributed by atoms with E-state index in [0.717, 1.165) is 36.9 Å². The Balaban J connectivity index is 1.58. The Morgan fingerprint density at radius 3 is 2.42 bits per heavy atom. The van der Waals surface area contributed by atoms with Crippen LogP contribution in [0.15, 0.2) is 24.3 Å². The summed E-state index contributed by atoms with van der Waals surface area (Å²) in [5.41, 5.74) is 1.48. The van der Waals surface area contributed by atoms with E-state index >= 15 is 0 Å². The fourth-order valence-corrected chi connectivity index (χ4v) is 3.17. The van der Waals surface area contributed by atoms with Crippen LogP contribution < -0.4 is 4.90 Å². The quantitative estimate of drug-likeness (QED) is 0.786. The molecular formula is C20H18N2O2. The van der Waals surface area contributed by atoms with Gasteiger partial charge in [0, 0.05) is 48.9 Å². The van der Waals surface area contributed by atoms with E-state index in [2.05, 4.69) is 23.7 Å². The lowest BCUT2D eigenvalue weighted by atomic mass is 10.1. The van der Waals surface area contributed by atoms with E-state index in [0.29, 0.717) is 11.8 Å². The van der Waals surface area contributed by atoms with Crippen molar-refractivity contribution < 1.29 is 9.53 Å². The number of hydrogen-bond acceptors (Lipinski definition) is 3. The predicted molar refractivity (Wildman–Crippen MR) is 90.8 cm³/mol. The number of fused-ring (bicyclic) bond motifs is 1. The van der Waals surface area contributed by atoms with Gasteiger partial charge in [-0.15, -0.1) is 11.8 Å². The molecule has 4 heteroatoms. The van der Waals surface area contributed by atoms with Crippen molar-refractivity contribution in [2.24, 2.45) is 11.8 Å². The van der Waals surface area contributed by atoms with Gasteiger partial charge in [-0.2, -0.15) is 5.26 Å². The number of carbonyl (C=O) groups is 1. The van der Waals surface area contributed by atoms with Crippen molar-refractivity contribution >= 4 is 11.8 Å². The van der Waals surface area contributed by atoms with Gasteiger partial charge in [0.05, 0.1) is 0 Å². The highest BCUT2D eigenvalue weighted by Gasteiger charge is 2.52. The highest BCUT2D eigenvalue weighted by Crippen LogP contribution is 2.48. The molecule has 1 saturated carbocycles. The average molecular weight is 318 g/mol. The van der Waals surface area contributed by atoms with Crippen molar-refractivity contribution in [2.75, 3.05) is 11.9 Å². The number of benzene rings is 1. The fraction of sp³-hybridized carbons (Fsp3) is 0.400. The number of hydrogen-bond donors (Lipinski definition) is 0. The van der Waals surface area contributed by atoms with Crippen LogP contribution in [-0.2, 0) is 4.74 Å². The van der Waals surface area contributed by atoms with E-state index in [1.807, 2.05) is 0 Å². The second-order valence-corrected chi connectivity index (χ2v) is 6.07. The maximum Gasteiger partial charge on any atom is 0.414 e. The van der Waals surface area contributed by atoms with Gasteiger partial charge < -0.3 is 4.74 Å². The minimum Gasteiger partial charge on any atom is -0.445 e. The molecule has 2 aliphatic carbocycles. The number of rotatable bonds is 2. The van der Waals surface area contributed by atoms with E-state index in [4.69, 9.17) is 10.00 Å². The predicted octanol–water partition coefficient (Wildman–Crippen LogP) is 3.33. The van der Waals surface area contributed by atoms with Gasteiger partial charge in [-0.3, -0.25) is 4.90 Å². The second kappa shape index (κ2) is 7.12.